The van der Waals surface area contributed by atoms with Crippen LogP contribution in [-0.2, 0) is 27.9 Å². The maximum absolute atomic E-state index is 9.00. The summed E-state index contributed by atoms with van der Waals surface area (Å²) in [5, 5.41) is 17.5. The highest BCUT2D eigenvalue weighted by Gasteiger charge is 2.63. The topological polar surface area (TPSA) is 121 Å². The minimum absolute atomic E-state index is 0.360. The third kappa shape index (κ3) is 8.42. The zero-order valence-corrected chi connectivity index (χ0v) is 32.3. The van der Waals surface area contributed by atoms with Crippen LogP contribution in [0.2, 0.25) is 0 Å². The summed E-state index contributed by atoms with van der Waals surface area (Å²) in [6, 6.07) is 14.6. The molecule has 10 nitrogen and oxygen atoms in total. The highest BCUT2D eigenvalue weighted by atomic mass is 79.9. The van der Waals surface area contributed by atoms with Gasteiger partial charge < -0.3 is 37.4 Å². The highest BCUT2D eigenvalue weighted by molar-refractivity contribution is 9.10. The van der Waals surface area contributed by atoms with Crippen molar-refractivity contribution in [2.75, 3.05) is 14.2 Å². The Balaban J connectivity index is 0.000000203. The van der Waals surface area contributed by atoms with Crippen LogP contribution in [0, 0.1) is 22.7 Å². The second-order valence-electron chi connectivity index (χ2n) is 14.9. The summed E-state index contributed by atoms with van der Waals surface area (Å²) < 4.78 is 46.9. The predicted octanol–water partition coefficient (Wildman–Crippen LogP) is 6.44. The van der Waals surface area contributed by atoms with Gasteiger partial charge in [-0.3, -0.25) is 0 Å². The van der Waals surface area contributed by atoms with Crippen molar-refractivity contribution >= 4 is 42.5 Å². The SMILES string of the molecule is CC1(C)OB(B2OC(C)(C)C(C)(C)O2)OC1(C)C.COc1ccc(C#N)cc1B1OC(C)(C)C(C)(C)O1.COc1ccc(C#N)cc1Br. The quantitative estimate of drug-likeness (QED) is 0.326. The van der Waals surface area contributed by atoms with Crippen LogP contribution in [0.1, 0.15) is 94.2 Å². The van der Waals surface area contributed by atoms with Gasteiger partial charge in [0.2, 0.25) is 0 Å². The molecule has 3 fully saturated rings. The van der Waals surface area contributed by atoms with Crippen molar-refractivity contribution in [3.8, 4) is 23.6 Å². The third-order valence-electron chi connectivity index (χ3n) is 9.91. The minimum atomic E-state index is -0.520. The number of benzene rings is 2. The molecule has 14 heteroatoms. The van der Waals surface area contributed by atoms with Crippen molar-refractivity contribution in [3.05, 3.63) is 52.0 Å². The lowest BCUT2D eigenvalue weighted by molar-refractivity contribution is 0.00578. The number of ether oxygens (including phenoxy) is 2. The normalized spacial score (nSPS) is 22.0. The maximum Gasteiger partial charge on any atom is 0.498 e. The molecule has 0 spiro atoms. The molecule has 0 aliphatic carbocycles. The maximum atomic E-state index is 9.00. The Morgan fingerprint density at radius 3 is 1.21 bits per heavy atom. The lowest BCUT2D eigenvalue weighted by Crippen LogP contribution is -2.41. The van der Waals surface area contributed by atoms with Crippen LogP contribution in [0.4, 0.5) is 0 Å². The standard InChI is InChI=1S/C14H18BNO3.C12H24B2O4.C8H6BrNO/c1-13(2)14(3,4)19-15(18-13)11-8-10(9-16)6-7-12(11)17-5;1-9(2)10(3,4)16-13(15-9)14-17-11(5,6)12(7,8)18-14;1-11-8-3-2-6(5-10)4-7(8)9/h6-8H,1-5H3;1-8H3;2-4H,1H3. The fraction of sp³-hybridized carbons (Fsp3) is 0.588. The Hall–Kier alpha value is -2.55. The molecular formula is C34H48B3BrN2O8. The lowest BCUT2D eigenvalue weighted by atomic mass is 9.49. The summed E-state index contributed by atoms with van der Waals surface area (Å²) in [6.45, 7) is 24.2. The van der Waals surface area contributed by atoms with Gasteiger partial charge in [0.25, 0.3) is 0 Å². The van der Waals surface area contributed by atoms with Crippen LogP contribution in [0.3, 0.4) is 0 Å². The number of halogens is 1. The average molecular weight is 725 g/mol. The zero-order chi connectivity index (χ0) is 36.5. The van der Waals surface area contributed by atoms with E-state index < -0.39 is 32.3 Å². The average Bonchev–Trinajstić information content (AvgIpc) is 3.46. The van der Waals surface area contributed by atoms with Gasteiger partial charge in [0.05, 0.1) is 75.6 Å². The lowest BCUT2D eigenvalue weighted by Gasteiger charge is -2.32. The Labute approximate surface area is 296 Å². The number of nitrogens with zero attached hydrogens (tertiary/aromatic N) is 2. The molecule has 0 amide bonds. The van der Waals surface area contributed by atoms with Crippen LogP contribution >= 0.6 is 15.9 Å². The molecule has 2 aromatic rings. The smallest absolute Gasteiger partial charge is 0.497 e. The first-order chi connectivity index (χ1) is 22.0. The Morgan fingerprint density at radius 1 is 0.542 bits per heavy atom. The molecule has 2 aromatic carbocycles. The summed E-state index contributed by atoms with van der Waals surface area (Å²) in [7, 11) is 1.71. The Bertz CT molecular complexity index is 1470. The fourth-order valence-corrected chi connectivity index (χ4v) is 5.23. The number of methoxy groups -OCH3 is 2. The van der Waals surface area contributed by atoms with E-state index in [2.05, 4.69) is 22.0 Å². The molecule has 3 aliphatic heterocycles. The van der Waals surface area contributed by atoms with Crippen LogP contribution in [0.15, 0.2) is 40.9 Å². The molecule has 0 aromatic heterocycles. The summed E-state index contributed by atoms with van der Waals surface area (Å²) in [5.41, 5.74) is -0.329. The molecule has 258 valence electrons. The second kappa shape index (κ2) is 14.4. The van der Waals surface area contributed by atoms with E-state index >= 15 is 0 Å². The summed E-state index contributed by atoms with van der Waals surface area (Å²) in [6.07, 6.45) is 0. The van der Waals surface area contributed by atoms with Gasteiger partial charge in [-0.25, -0.2) is 0 Å². The molecule has 3 aliphatic rings. The molecule has 0 N–H and O–H groups in total. The molecule has 48 heavy (non-hydrogen) atoms. The van der Waals surface area contributed by atoms with Gasteiger partial charge in [0.15, 0.2) is 0 Å². The zero-order valence-electron chi connectivity index (χ0n) is 30.7. The van der Waals surface area contributed by atoms with E-state index in [0.29, 0.717) is 16.9 Å². The molecule has 0 radical (unpaired) electrons. The molecule has 0 bridgehead atoms. The van der Waals surface area contributed by atoms with E-state index in [0.717, 1.165) is 15.7 Å². The molecule has 5 rings (SSSR count). The van der Waals surface area contributed by atoms with E-state index in [1.165, 1.54) is 0 Å². The highest BCUT2D eigenvalue weighted by Crippen LogP contribution is 2.43. The first kappa shape index (κ1) is 39.9. The van der Waals surface area contributed by atoms with Gasteiger partial charge in [-0.2, -0.15) is 10.5 Å². The van der Waals surface area contributed by atoms with Gasteiger partial charge in [0.1, 0.15) is 11.5 Å². The Kier molecular flexibility index (Phi) is 11.9. The second-order valence-corrected chi connectivity index (χ2v) is 15.7. The van der Waals surface area contributed by atoms with Gasteiger partial charge in [-0.1, -0.05) is 0 Å². The molecular weight excluding hydrogens is 677 g/mol. The van der Waals surface area contributed by atoms with E-state index in [-0.39, 0.29) is 22.4 Å². The van der Waals surface area contributed by atoms with Gasteiger partial charge in [-0.05, 0) is 135 Å². The molecule has 0 saturated carbocycles. The van der Waals surface area contributed by atoms with Crippen molar-refractivity contribution in [1.29, 1.82) is 10.5 Å². The number of rotatable bonds is 4. The Morgan fingerprint density at radius 2 is 0.875 bits per heavy atom. The van der Waals surface area contributed by atoms with Crippen LogP contribution in [0.25, 0.3) is 0 Å². The van der Waals surface area contributed by atoms with Crippen LogP contribution in [-0.4, -0.2) is 69.0 Å². The first-order valence-electron chi connectivity index (χ1n) is 15.8. The van der Waals surface area contributed by atoms with Crippen molar-refractivity contribution in [3.63, 3.8) is 0 Å². The number of hydrogen-bond acceptors (Lipinski definition) is 10. The fourth-order valence-electron chi connectivity index (χ4n) is 4.69. The molecule has 3 saturated heterocycles. The van der Waals surface area contributed by atoms with Crippen LogP contribution in [0.5, 0.6) is 11.5 Å². The molecule has 3 heterocycles. The predicted molar refractivity (Wildman–Crippen MR) is 191 cm³/mol. The molecule has 0 unspecified atom stereocenters. The van der Waals surface area contributed by atoms with Gasteiger partial charge in [-0.15, -0.1) is 0 Å². The van der Waals surface area contributed by atoms with E-state index in [9.17, 15) is 0 Å². The largest absolute Gasteiger partial charge is 0.498 e. The summed E-state index contributed by atoms with van der Waals surface area (Å²) in [4.78, 5) is 0. The van der Waals surface area contributed by atoms with Gasteiger partial charge >= 0.3 is 21.1 Å². The summed E-state index contributed by atoms with van der Waals surface area (Å²) in [5.74, 6) is 1.40. The third-order valence-corrected chi connectivity index (χ3v) is 10.5. The monoisotopic (exact) mass is 724 g/mol. The van der Waals surface area contributed by atoms with Crippen molar-refractivity contribution in [1.82, 2.24) is 0 Å². The van der Waals surface area contributed by atoms with Gasteiger partial charge in [0, 0.05) is 5.46 Å². The van der Waals surface area contributed by atoms with E-state index in [4.69, 9.17) is 47.9 Å². The molecule has 0 atom stereocenters. The summed E-state index contributed by atoms with van der Waals surface area (Å²) >= 11 is 3.27. The number of nitriles is 2. The van der Waals surface area contributed by atoms with E-state index in [1.54, 1.807) is 50.6 Å². The van der Waals surface area contributed by atoms with Crippen molar-refractivity contribution in [2.45, 2.75) is 117 Å². The minimum Gasteiger partial charge on any atom is -0.497 e. The van der Waals surface area contributed by atoms with Crippen molar-refractivity contribution in [2.24, 2.45) is 0 Å². The van der Waals surface area contributed by atoms with Crippen molar-refractivity contribution < 1.29 is 37.4 Å². The van der Waals surface area contributed by atoms with E-state index in [1.807, 2.05) is 89.2 Å². The number of hydrogen-bond donors (Lipinski definition) is 0. The first-order valence-corrected chi connectivity index (χ1v) is 16.6. The van der Waals surface area contributed by atoms with Crippen LogP contribution < -0.4 is 14.9 Å².